The molecule has 2 rings (SSSR count). The van der Waals surface area contributed by atoms with Crippen LogP contribution in [0.3, 0.4) is 0 Å². The van der Waals surface area contributed by atoms with Gasteiger partial charge in [-0.25, -0.2) is 8.42 Å². The third-order valence-electron chi connectivity index (χ3n) is 5.96. The summed E-state index contributed by atoms with van der Waals surface area (Å²) in [5, 5.41) is 0.114. The van der Waals surface area contributed by atoms with E-state index in [4.69, 9.17) is 4.43 Å². The van der Waals surface area contributed by atoms with Crippen LogP contribution in [0, 0.1) is 6.92 Å². The second kappa shape index (κ2) is 7.74. The van der Waals surface area contributed by atoms with E-state index in [1.54, 1.807) is 16.4 Å². The van der Waals surface area contributed by atoms with Crippen molar-refractivity contribution in [1.29, 1.82) is 0 Å². The van der Waals surface area contributed by atoms with Gasteiger partial charge in [-0.15, -0.1) is 0 Å². The minimum Gasteiger partial charge on any atom is -0.412 e. The molecule has 1 aliphatic rings. The molecule has 0 spiro atoms. The third-order valence-corrected chi connectivity index (χ3v) is 12.4. The maximum absolute atomic E-state index is 13.3. The lowest BCUT2D eigenvalue weighted by Crippen LogP contribution is -2.55. The van der Waals surface area contributed by atoms with E-state index in [1.807, 2.05) is 19.1 Å². The van der Waals surface area contributed by atoms with Gasteiger partial charge in [0, 0.05) is 12.6 Å². The Morgan fingerprint density at radius 2 is 1.77 bits per heavy atom. The largest absolute Gasteiger partial charge is 0.412 e. The zero-order valence-electron chi connectivity index (χ0n) is 17.4. The zero-order chi connectivity index (χ0) is 19.8. The topological polar surface area (TPSA) is 46.6 Å². The molecule has 0 radical (unpaired) electrons. The Balaban J connectivity index is 2.31. The Morgan fingerprint density at radius 3 is 2.27 bits per heavy atom. The van der Waals surface area contributed by atoms with Gasteiger partial charge in [-0.3, -0.25) is 0 Å². The number of hydrogen-bond acceptors (Lipinski definition) is 3. The molecule has 1 aromatic carbocycles. The van der Waals surface area contributed by atoms with Crippen LogP contribution in [-0.2, 0) is 14.4 Å². The summed E-state index contributed by atoms with van der Waals surface area (Å²) in [5.41, 5.74) is 1.06. The monoisotopic (exact) mass is 397 g/mol. The SMILES string of the molecule is CC[C@@H]1[C@H](O[Si](C)(C)C(C)(C)C)CCCN1S(=O)(=O)c1ccc(C)cc1. The minimum atomic E-state index is -3.50. The fourth-order valence-corrected chi connectivity index (χ4v) is 6.44. The van der Waals surface area contributed by atoms with Crippen molar-refractivity contribution in [3.63, 3.8) is 0 Å². The molecule has 148 valence electrons. The Morgan fingerprint density at radius 1 is 1.19 bits per heavy atom. The molecule has 2 atom stereocenters. The second-order valence-corrected chi connectivity index (χ2v) is 15.6. The average molecular weight is 398 g/mol. The molecule has 1 heterocycles. The number of rotatable bonds is 5. The van der Waals surface area contributed by atoms with Gasteiger partial charge in [-0.1, -0.05) is 45.4 Å². The highest BCUT2D eigenvalue weighted by molar-refractivity contribution is 7.89. The van der Waals surface area contributed by atoms with Crippen molar-refractivity contribution >= 4 is 18.3 Å². The third kappa shape index (κ3) is 4.41. The number of aryl methyl sites for hydroxylation is 1. The van der Waals surface area contributed by atoms with Crippen LogP contribution in [0.5, 0.6) is 0 Å². The van der Waals surface area contributed by atoms with Gasteiger partial charge in [0.05, 0.1) is 11.0 Å². The lowest BCUT2D eigenvalue weighted by atomic mass is 9.99. The summed E-state index contributed by atoms with van der Waals surface area (Å²) in [7, 11) is -5.44. The minimum absolute atomic E-state index is 0.0186. The number of sulfonamides is 1. The van der Waals surface area contributed by atoms with Crippen LogP contribution >= 0.6 is 0 Å². The van der Waals surface area contributed by atoms with Crippen molar-refractivity contribution in [2.24, 2.45) is 0 Å². The van der Waals surface area contributed by atoms with E-state index in [0.29, 0.717) is 11.4 Å². The lowest BCUT2D eigenvalue weighted by Gasteiger charge is -2.46. The standard InChI is InChI=1S/C20H35NO3SSi/c1-8-18-19(24-26(6,7)20(3,4)5)10-9-15-21(18)25(22,23)17-13-11-16(2)12-14-17/h11-14,18-19H,8-10,15H2,1-7H3/t18-,19-/m1/s1. The number of nitrogens with zero attached hydrogens (tertiary/aromatic N) is 1. The highest BCUT2D eigenvalue weighted by atomic mass is 32.2. The van der Waals surface area contributed by atoms with Crippen molar-refractivity contribution in [3.8, 4) is 0 Å². The fraction of sp³-hybridized carbons (Fsp3) is 0.700. The molecule has 0 bridgehead atoms. The molecule has 1 aliphatic heterocycles. The van der Waals surface area contributed by atoms with Gasteiger partial charge in [-0.2, -0.15) is 4.31 Å². The molecule has 0 saturated carbocycles. The number of hydrogen-bond donors (Lipinski definition) is 0. The van der Waals surface area contributed by atoms with E-state index in [9.17, 15) is 8.42 Å². The van der Waals surface area contributed by atoms with Gasteiger partial charge in [0.25, 0.3) is 0 Å². The molecule has 0 aliphatic carbocycles. The Labute approximate surface area is 161 Å². The normalized spacial score (nSPS) is 23.2. The van der Waals surface area contributed by atoms with Crippen LogP contribution in [0.4, 0.5) is 0 Å². The molecule has 1 saturated heterocycles. The first kappa shape index (κ1) is 21.6. The average Bonchev–Trinajstić information content (AvgIpc) is 2.53. The molecule has 0 amide bonds. The summed E-state index contributed by atoms with van der Waals surface area (Å²) >= 11 is 0. The summed E-state index contributed by atoms with van der Waals surface area (Å²) in [5.74, 6) is 0. The molecular weight excluding hydrogens is 362 g/mol. The number of benzene rings is 1. The molecular formula is C20H35NO3SSi. The number of piperidine rings is 1. The maximum atomic E-state index is 13.3. The Bertz CT molecular complexity index is 708. The van der Waals surface area contributed by atoms with Crippen molar-refractivity contribution in [1.82, 2.24) is 4.31 Å². The van der Waals surface area contributed by atoms with E-state index >= 15 is 0 Å². The van der Waals surface area contributed by atoms with Crippen LogP contribution in [-0.4, -0.2) is 39.7 Å². The van der Waals surface area contributed by atoms with Crippen molar-refractivity contribution in [3.05, 3.63) is 29.8 Å². The Kier molecular flexibility index (Phi) is 6.43. The predicted molar refractivity (Wildman–Crippen MR) is 110 cm³/mol. The molecule has 4 nitrogen and oxygen atoms in total. The molecule has 0 unspecified atom stereocenters. The molecule has 26 heavy (non-hydrogen) atoms. The maximum Gasteiger partial charge on any atom is 0.243 e. The first-order valence-corrected chi connectivity index (χ1v) is 14.0. The van der Waals surface area contributed by atoms with Crippen LogP contribution in [0.2, 0.25) is 18.1 Å². The summed E-state index contributed by atoms with van der Waals surface area (Å²) < 4.78 is 34.9. The predicted octanol–water partition coefficient (Wildman–Crippen LogP) is 4.95. The Hall–Kier alpha value is -0.693. The lowest BCUT2D eigenvalue weighted by molar-refractivity contribution is 0.0590. The van der Waals surface area contributed by atoms with E-state index in [0.717, 1.165) is 24.8 Å². The van der Waals surface area contributed by atoms with Crippen LogP contribution in [0.15, 0.2) is 29.2 Å². The van der Waals surface area contributed by atoms with Gasteiger partial charge in [0.1, 0.15) is 0 Å². The van der Waals surface area contributed by atoms with E-state index < -0.39 is 18.3 Å². The van der Waals surface area contributed by atoms with E-state index in [-0.39, 0.29) is 17.2 Å². The molecule has 0 N–H and O–H groups in total. The fourth-order valence-electron chi connectivity index (χ4n) is 3.30. The quantitative estimate of drug-likeness (QED) is 0.661. The van der Waals surface area contributed by atoms with Crippen molar-refractivity contribution in [2.75, 3.05) is 6.54 Å². The van der Waals surface area contributed by atoms with Gasteiger partial charge in [-0.05, 0) is 56.5 Å². The van der Waals surface area contributed by atoms with Gasteiger partial charge < -0.3 is 4.43 Å². The second-order valence-electron chi connectivity index (χ2n) is 8.96. The van der Waals surface area contributed by atoms with Crippen LogP contribution in [0.1, 0.15) is 52.5 Å². The first-order chi connectivity index (χ1) is 11.9. The first-order valence-electron chi connectivity index (χ1n) is 9.66. The smallest absolute Gasteiger partial charge is 0.243 e. The summed E-state index contributed by atoms with van der Waals surface area (Å²) in [6.45, 7) is 15.8. The zero-order valence-corrected chi connectivity index (χ0v) is 19.2. The van der Waals surface area contributed by atoms with Gasteiger partial charge in [0.15, 0.2) is 8.32 Å². The summed E-state index contributed by atoms with van der Waals surface area (Å²) in [6, 6.07) is 7.07. The van der Waals surface area contributed by atoms with Crippen molar-refractivity contribution < 1.29 is 12.8 Å². The van der Waals surface area contributed by atoms with E-state index in [1.165, 1.54) is 0 Å². The highest BCUT2D eigenvalue weighted by Crippen LogP contribution is 2.40. The molecule has 6 heteroatoms. The van der Waals surface area contributed by atoms with Crippen molar-refractivity contribution in [2.45, 2.75) is 89.1 Å². The summed E-state index contributed by atoms with van der Waals surface area (Å²) in [6.07, 6.45) is 2.53. The summed E-state index contributed by atoms with van der Waals surface area (Å²) in [4.78, 5) is 0.384. The molecule has 1 aromatic rings. The van der Waals surface area contributed by atoms with Gasteiger partial charge in [0.2, 0.25) is 10.0 Å². The van der Waals surface area contributed by atoms with Gasteiger partial charge >= 0.3 is 0 Å². The molecule has 1 fully saturated rings. The molecule has 0 aromatic heterocycles. The highest BCUT2D eigenvalue weighted by Gasteiger charge is 2.44. The van der Waals surface area contributed by atoms with E-state index in [2.05, 4.69) is 40.8 Å². The van der Waals surface area contributed by atoms with Crippen LogP contribution < -0.4 is 0 Å². The van der Waals surface area contributed by atoms with Crippen LogP contribution in [0.25, 0.3) is 0 Å².